The van der Waals surface area contributed by atoms with Crippen LogP contribution < -0.4 is 8.97 Å². The van der Waals surface area contributed by atoms with Gasteiger partial charge in [-0.3, -0.25) is 0 Å². The average Bonchev–Trinajstić information content (AvgIpc) is 3.82. The summed E-state index contributed by atoms with van der Waals surface area (Å²) >= 11 is 0. The van der Waals surface area contributed by atoms with Gasteiger partial charge in [0, 0.05) is 0 Å². The molecule has 0 radical (unpaired) electrons. The standard InChI is InChI=1S/2C26H27NO.C2H7Si.4ClH.Zr/c2*1-20-16-23-10-7-11-25(26(23)17-20)22-12-14-24(15-13-22)27(2,3)19-28-18-21-8-5-4-6-9-21;1-3-2;;;;;/h2*4-17H,18-19H2,1-3H3;3H,1-2H3;4*1H;/q2*+1;;;;;;+4/p-4. The number of hydrogen-bond acceptors (Lipinski definition) is 2. The molecule has 2 aliphatic rings. The van der Waals surface area contributed by atoms with E-state index in [1.165, 1.54) is 0 Å². The van der Waals surface area contributed by atoms with Gasteiger partial charge in [-0.2, -0.15) is 0 Å². The fourth-order valence-electron chi connectivity index (χ4n) is 10.7. The van der Waals surface area contributed by atoms with Crippen molar-refractivity contribution in [3.63, 3.8) is 0 Å². The van der Waals surface area contributed by atoms with Crippen LogP contribution in [0.25, 0.3) is 34.4 Å². The molecule has 6 aromatic carbocycles. The third-order valence-electron chi connectivity index (χ3n) is 14.4. The van der Waals surface area contributed by atoms with Gasteiger partial charge in [-0.15, -0.1) is 0 Å². The second kappa shape index (κ2) is 16.3. The quantitative estimate of drug-likeness (QED) is 0.0580. The van der Waals surface area contributed by atoms with E-state index >= 15 is 0 Å². The Hall–Kier alpha value is -3.10. The number of hydrogen-bond donors (Lipinski definition) is 0. The Morgan fingerprint density at radius 2 is 0.844 bits per heavy atom. The van der Waals surface area contributed by atoms with Crippen molar-refractivity contribution in [1.82, 2.24) is 8.97 Å². The minimum atomic E-state index is -7.17. The maximum atomic E-state index is 8.64. The summed E-state index contributed by atoms with van der Waals surface area (Å²) in [5.74, 6) is -2.39. The molecule has 6 aromatic rings. The molecule has 64 heavy (non-hydrogen) atoms. The first-order chi connectivity index (χ1) is 30.1. The Kier molecular flexibility index (Phi) is 12.1. The van der Waals surface area contributed by atoms with Crippen LogP contribution in [-0.4, -0.2) is 47.6 Å². The molecule has 2 atom stereocenters. The second-order valence-electron chi connectivity index (χ2n) is 20.0. The Bertz CT molecular complexity index is 2620. The monoisotopic (exact) mass is 1030 g/mol. The van der Waals surface area contributed by atoms with Crippen LogP contribution in [0.15, 0.2) is 157 Å². The molecule has 0 bridgehead atoms. The van der Waals surface area contributed by atoms with Crippen LogP contribution in [0.5, 0.6) is 0 Å². The van der Waals surface area contributed by atoms with E-state index in [9.17, 15) is 0 Å². The molecular weight excluding hydrogens is 970 g/mol. The topological polar surface area (TPSA) is 18.5 Å². The van der Waals surface area contributed by atoms with Gasteiger partial charge in [-0.05, 0) is 11.1 Å². The van der Waals surface area contributed by atoms with E-state index in [0.717, 1.165) is 78.2 Å². The van der Waals surface area contributed by atoms with Gasteiger partial charge >= 0.3 is 322 Å². The first kappa shape index (κ1) is 47.4. The number of quaternary nitrogens is 2. The summed E-state index contributed by atoms with van der Waals surface area (Å²) in [6.45, 7) is 10.8. The molecule has 0 N–H and O–H groups in total. The van der Waals surface area contributed by atoms with Crippen molar-refractivity contribution >= 4 is 63.5 Å². The first-order valence-corrected chi connectivity index (χ1v) is 44.9. The fraction of sp³-hybridized carbons (Fsp3) is 0.259. The molecule has 0 heterocycles. The zero-order valence-electron chi connectivity index (χ0n) is 38.3. The van der Waals surface area contributed by atoms with E-state index in [4.69, 9.17) is 43.5 Å². The summed E-state index contributed by atoms with van der Waals surface area (Å²) in [4.78, 5) is 0. The van der Waals surface area contributed by atoms with Crippen LogP contribution in [0.3, 0.4) is 0 Å². The van der Waals surface area contributed by atoms with Crippen molar-refractivity contribution in [2.75, 3.05) is 41.7 Å². The van der Waals surface area contributed by atoms with Gasteiger partial charge in [0.15, 0.2) is 0 Å². The third-order valence-corrected chi connectivity index (χ3v) is 96.8. The summed E-state index contributed by atoms with van der Waals surface area (Å²) < 4.78 is 12.4. The van der Waals surface area contributed by atoms with Crippen molar-refractivity contribution < 1.29 is 19.7 Å². The second-order valence-corrected chi connectivity index (χ2v) is 99.9. The first-order valence-electron chi connectivity index (χ1n) is 22.3. The molecule has 2 unspecified atom stereocenters. The number of rotatable bonds is 15. The van der Waals surface area contributed by atoms with Crippen molar-refractivity contribution in [3.8, 4) is 22.3 Å². The molecule has 0 fully saturated rings. The number of ether oxygens (including phenoxy) is 2. The molecule has 8 rings (SSSR count). The number of benzene rings is 6. The summed E-state index contributed by atoms with van der Waals surface area (Å²) in [6, 6.07) is 51.0. The molecule has 0 saturated carbocycles. The van der Waals surface area contributed by atoms with Gasteiger partial charge in [0.05, 0.1) is 0 Å². The molecule has 4 nitrogen and oxygen atoms in total. The number of halogens is 4. The van der Waals surface area contributed by atoms with Crippen LogP contribution in [0.1, 0.15) is 54.5 Å². The molecule has 0 aliphatic heterocycles. The molecular formula is C54H61Cl4N2O2SiZr+2. The van der Waals surface area contributed by atoms with Crippen LogP contribution in [0.4, 0.5) is 11.4 Å². The Labute approximate surface area is 390 Å². The zero-order chi connectivity index (χ0) is 45.8. The normalized spacial score (nSPS) is 18.0. The van der Waals surface area contributed by atoms with Crippen molar-refractivity contribution in [3.05, 3.63) is 190 Å². The maximum absolute atomic E-state index is 8.64. The molecule has 333 valence electrons. The molecule has 0 amide bonds. The Morgan fingerprint density at radius 1 is 0.484 bits per heavy atom. The van der Waals surface area contributed by atoms with E-state index in [1.54, 1.807) is 0 Å². The molecule has 0 saturated heterocycles. The Balaban J connectivity index is 1.11. The van der Waals surface area contributed by atoms with E-state index in [-0.39, 0.29) is 0 Å². The average molecular weight is 1030 g/mol. The molecule has 0 spiro atoms. The number of nitrogens with zero attached hydrogens (tertiary/aromatic N) is 2. The van der Waals surface area contributed by atoms with Gasteiger partial charge in [0.1, 0.15) is 0 Å². The third kappa shape index (κ3) is 8.23. The van der Waals surface area contributed by atoms with Gasteiger partial charge in [-0.25, -0.2) is 0 Å². The van der Waals surface area contributed by atoms with Crippen LogP contribution >= 0.6 is 34.1 Å². The summed E-state index contributed by atoms with van der Waals surface area (Å²) in [6.07, 6.45) is 4.47. The van der Waals surface area contributed by atoms with Crippen LogP contribution in [-0.2, 0) is 32.9 Å². The predicted octanol–water partition coefficient (Wildman–Crippen LogP) is 15.5. The van der Waals surface area contributed by atoms with Crippen molar-refractivity contribution in [1.29, 1.82) is 0 Å². The summed E-state index contributed by atoms with van der Waals surface area (Å²) in [7, 11) is 36.1. The summed E-state index contributed by atoms with van der Waals surface area (Å²) in [5.41, 5.74) is 15.2. The van der Waals surface area contributed by atoms with E-state index in [0.29, 0.717) is 35.6 Å². The van der Waals surface area contributed by atoms with E-state index < -0.39 is 23.4 Å². The van der Waals surface area contributed by atoms with Gasteiger partial charge in [0.2, 0.25) is 0 Å². The molecule has 0 aromatic heterocycles. The summed E-state index contributed by atoms with van der Waals surface area (Å²) in [5, 5.41) is 0. The van der Waals surface area contributed by atoms with Gasteiger partial charge in [0.25, 0.3) is 0 Å². The Morgan fingerprint density at radius 3 is 1.19 bits per heavy atom. The molecule has 2 aliphatic carbocycles. The SMILES string of the molecule is CC1=Cc2c(-c3ccc([N+](C)(C)COCc4ccccc4)cc3)cccc2[CH]1[Zr]([Cl])([Cl])([Cl])([Cl])([CH]1C(C)=Cc2c(-c3ccc([N+](C)(C)COCc4ccccc4)cc3)cccc21)[SiH](C)C. The van der Waals surface area contributed by atoms with Gasteiger partial charge in [-0.1, -0.05) is 60.7 Å². The predicted molar refractivity (Wildman–Crippen MR) is 278 cm³/mol. The van der Waals surface area contributed by atoms with Crippen LogP contribution in [0, 0.1) is 0 Å². The van der Waals surface area contributed by atoms with Crippen molar-refractivity contribution in [2.45, 2.75) is 47.4 Å². The number of allylic oxidation sites excluding steroid dienone is 2. The van der Waals surface area contributed by atoms with Crippen molar-refractivity contribution in [2.24, 2.45) is 0 Å². The van der Waals surface area contributed by atoms with E-state index in [2.05, 4.69) is 176 Å². The fourth-order valence-corrected chi connectivity index (χ4v) is 53.3. The molecule has 10 heteroatoms. The zero-order valence-corrected chi connectivity index (χ0v) is 44.9. The van der Waals surface area contributed by atoms with Crippen LogP contribution in [0.2, 0.25) is 13.1 Å². The minimum absolute atomic E-state index is 0.542. The number of fused-ring (bicyclic) bond motifs is 2. The van der Waals surface area contributed by atoms with Gasteiger partial charge < -0.3 is 0 Å². The van der Waals surface area contributed by atoms with E-state index in [1.807, 2.05) is 36.4 Å².